The maximum Gasteiger partial charge on any atom is 0.325 e. The van der Waals surface area contributed by atoms with Crippen LogP contribution in [-0.2, 0) is 20.8 Å². The third-order valence-electron chi connectivity index (χ3n) is 7.24. The summed E-state index contributed by atoms with van der Waals surface area (Å²) in [7, 11) is 0. The molecular weight excluding hydrogens is 466 g/mol. The molecule has 2 aliphatic rings. The van der Waals surface area contributed by atoms with Crippen molar-refractivity contribution in [2.45, 2.75) is 37.8 Å². The number of fused-ring (bicyclic) bond motifs is 2. The number of benzene rings is 2. The van der Waals surface area contributed by atoms with Gasteiger partial charge in [-0.2, -0.15) is 0 Å². The molecule has 10 nitrogen and oxygen atoms in total. The number of carboxylic acids is 1. The number of hydrogen-bond acceptors (Lipinski definition) is 7. The Bertz CT molecular complexity index is 1330. The predicted molar refractivity (Wildman–Crippen MR) is 128 cm³/mol. The van der Waals surface area contributed by atoms with Crippen molar-refractivity contribution in [3.63, 3.8) is 0 Å². The average Bonchev–Trinajstić information content (AvgIpc) is 3.51. The fraction of sp³-hybridized carbons (Fsp3) is 0.346. The molecule has 0 bridgehead atoms. The molecule has 0 spiro atoms. The highest BCUT2D eigenvalue weighted by atomic mass is 16.6. The summed E-state index contributed by atoms with van der Waals surface area (Å²) in [5, 5.41) is 25.5. The molecule has 1 aromatic heterocycles. The van der Waals surface area contributed by atoms with Gasteiger partial charge in [0.05, 0.1) is 22.8 Å². The first-order chi connectivity index (χ1) is 17.3. The van der Waals surface area contributed by atoms with Gasteiger partial charge in [0.2, 0.25) is 11.8 Å². The first-order valence-corrected chi connectivity index (χ1v) is 11.8. The normalized spacial score (nSPS) is 25.5. The number of furan rings is 1. The summed E-state index contributed by atoms with van der Waals surface area (Å²) in [6.07, 6.45) is 1.24. The lowest BCUT2D eigenvalue weighted by Crippen LogP contribution is -2.57. The number of carbonyl (C=O) groups is 3. The summed E-state index contributed by atoms with van der Waals surface area (Å²) >= 11 is 0. The van der Waals surface area contributed by atoms with Crippen molar-refractivity contribution in [1.29, 1.82) is 0 Å². The van der Waals surface area contributed by atoms with Crippen LogP contribution in [0.5, 0.6) is 0 Å². The number of hydrogen-bond donors (Lipinski definition) is 2. The predicted octanol–water partition coefficient (Wildman–Crippen LogP) is 3.45. The van der Waals surface area contributed by atoms with Crippen LogP contribution in [0, 0.1) is 22.0 Å². The van der Waals surface area contributed by atoms with E-state index in [9.17, 15) is 29.6 Å². The summed E-state index contributed by atoms with van der Waals surface area (Å²) in [6, 6.07) is 13.8. The van der Waals surface area contributed by atoms with Crippen molar-refractivity contribution < 1.29 is 28.8 Å². The quantitative estimate of drug-likeness (QED) is 0.277. The van der Waals surface area contributed by atoms with Crippen LogP contribution < -0.4 is 5.32 Å². The summed E-state index contributed by atoms with van der Waals surface area (Å²) in [5.41, 5.74) is -0.850. The smallest absolute Gasteiger partial charge is 0.325 e. The van der Waals surface area contributed by atoms with Gasteiger partial charge < -0.3 is 9.52 Å². The number of likely N-dealkylation sites (tertiary alicyclic amines) is 1. The third kappa shape index (κ3) is 3.65. The maximum absolute atomic E-state index is 13.6. The zero-order valence-corrected chi connectivity index (χ0v) is 19.5. The summed E-state index contributed by atoms with van der Waals surface area (Å²) in [4.78, 5) is 51.7. The van der Waals surface area contributed by atoms with E-state index in [1.54, 1.807) is 12.1 Å². The van der Waals surface area contributed by atoms with Crippen molar-refractivity contribution in [3.05, 3.63) is 76.0 Å². The fourth-order valence-electron chi connectivity index (χ4n) is 5.49. The Morgan fingerprint density at radius 2 is 1.89 bits per heavy atom. The number of non-ortho nitro benzene ring substituents is 1. The van der Waals surface area contributed by atoms with Crippen LogP contribution in [0.3, 0.4) is 0 Å². The van der Waals surface area contributed by atoms with E-state index in [-0.39, 0.29) is 18.7 Å². The Morgan fingerprint density at radius 1 is 1.17 bits per heavy atom. The van der Waals surface area contributed by atoms with Gasteiger partial charge in [-0.25, -0.2) is 0 Å². The highest BCUT2D eigenvalue weighted by Gasteiger charge is 2.68. The van der Waals surface area contributed by atoms with Gasteiger partial charge in [0.1, 0.15) is 16.9 Å². The minimum Gasteiger partial charge on any atom is -0.480 e. The maximum atomic E-state index is 13.6. The van der Waals surface area contributed by atoms with Crippen LogP contribution in [0.4, 0.5) is 5.69 Å². The minimum absolute atomic E-state index is 0.126. The lowest BCUT2D eigenvalue weighted by Gasteiger charge is -2.31. The van der Waals surface area contributed by atoms with Gasteiger partial charge in [-0.05, 0) is 24.1 Å². The number of carbonyl (C=O) groups excluding carboxylic acids is 2. The number of carboxylic acid groups (broad SMARTS) is 1. The zero-order valence-electron chi connectivity index (χ0n) is 19.5. The highest BCUT2D eigenvalue weighted by Crippen LogP contribution is 2.50. The molecule has 2 amide bonds. The van der Waals surface area contributed by atoms with Crippen LogP contribution in [0.15, 0.2) is 59.0 Å². The molecule has 36 heavy (non-hydrogen) atoms. The van der Waals surface area contributed by atoms with Crippen LogP contribution in [0.2, 0.25) is 0 Å². The summed E-state index contributed by atoms with van der Waals surface area (Å²) in [6.45, 7) is 2.17. The number of aliphatic carboxylic acids is 1. The first kappa shape index (κ1) is 23.7. The topological polar surface area (TPSA) is 143 Å². The molecule has 2 aliphatic heterocycles. The lowest BCUT2D eigenvalue weighted by atomic mass is 9.76. The van der Waals surface area contributed by atoms with E-state index in [4.69, 9.17) is 4.42 Å². The van der Waals surface area contributed by atoms with Gasteiger partial charge in [-0.3, -0.25) is 34.7 Å². The summed E-state index contributed by atoms with van der Waals surface area (Å²) in [5.74, 6) is -3.93. The van der Waals surface area contributed by atoms with E-state index in [2.05, 4.69) is 5.32 Å². The average molecular weight is 492 g/mol. The molecule has 2 N–H and O–H groups in total. The highest BCUT2D eigenvalue weighted by molar-refractivity contribution is 6.09. The Kier molecular flexibility index (Phi) is 5.83. The van der Waals surface area contributed by atoms with E-state index in [0.717, 1.165) is 11.8 Å². The molecule has 5 rings (SSSR count). The number of unbranched alkanes of at least 4 members (excludes halogenated alkanes) is 1. The molecule has 186 valence electrons. The lowest BCUT2D eigenvalue weighted by molar-refractivity contribution is -0.384. The number of amides is 2. The Labute approximate surface area is 206 Å². The molecule has 4 atom stereocenters. The molecule has 0 saturated carbocycles. The fourth-order valence-corrected chi connectivity index (χ4v) is 5.49. The van der Waals surface area contributed by atoms with Gasteiger partial charge in [0.15, 0.2) is 0 Å². The van der Waals surface area contributed by atoms with Crippen molar-refractivity contribution >= 4 is 34.4 Å². The van der Waals surface area contributed by atoms with Crippen LogP contribution >= 0.6 is 0 Å². The van der Waals surface area contributed by atoms with Gasteiger partial charge in [0, 0.05) is 30.5 Å². The van der Waals surface area contributed by atoms with Gasteiger partial charge in [-0.15, -0.1) is 0 Å². The van der Waals surface area contributed by atoms with Crippen molar-refractivity contribution in [2.75, 3.05) is 6.54 Å². The molecule has 4 unspecified atom stereocenters. The molecule has 2 aromatic carbocycles. The standard InChI is InChI=1S/C26H25N3O7/c1-2-3-12-28-23(30)20-21(24(28)31)26(25(32)33,14-15-8-10-17(11-9-15)29(34)35)27-22(20)19-13-16-6-4-5-7-18(16)36-19/h4-11,13,20-22,27H,2-3,12,14H2,1H3,(H,32,33). The number of para-hydroxylation sites is 1. The van der Waals surface area contributed by atoms with E-state index >= 15 is 0 Å². The van der Waals surface area contributed by atoms with Crippen LogP contribution in [0.1, 0.15) is 37.1 Å². The SMILES string of the molecule is CCCCN1C(=O)C2C(c3cc4ccccc4o3)NC(Cc3ccc([N+](=O)[O-])cc3)(C(=O)O)C2C1=O. The minimum atomic E-state index is -1.81. The second kappa shape index (κ2) is 8.87. The number of nitrogens with zero attached hydrogens (tertiary/aromatic N) is 2. The number of nitro benzene ring substituents is 1. The van der Waals surface area contributed by atoms with E-state index in [1.165, 1.54) is 29.2 Å². The van der Waals surface area contributed by atoms with Crippen molar-refractivity contribution in [1.82, 2.24) is 10.2 Å². The van der Waals surface area contributed by atoms with E-state index in [0.29, 0.717) is 23.3 Å². The molecule has 2 fully saturated rings. The molecule has 0 aliphatic carbocycles. The number of nitrogens with one attached hydrogen (secondary N) is 1. The number of rotatable bonds is 8. The third-order valence-corrected chi connectivity index (χ3v) is 7.24. The number of imide groups is 1. The van der Waals surface area contributed by atoms with Gasteiger partial charge in [-0.1, -0.05) is 43.7 Å². The molecule has 3 aromatic rings. The van der Waals surface area contributed by atoms with Crippen molar-refractivity contribution in [2.24, 2.45) is 11.8 Å². The molecule has 10 heteroatoms. The Balaban J connectivity index is 1.60. The molecule has 2 saturated heterocycles. The molecule has 3 heterocycles. The Hall–Kier alpha value is -4.05. The van der Waals surface area contributed by atoms with E-state index < -0.39 is 46.1 Å². The van der Waals surface area contributed by atoms with E-state index in [1.807, 2.05) is 25.1 Å². The first-order valence-electron chi connectivity index (χ1n) is 11.8. The van der Waals surface area contributed by atoms with Crippen LogP contribution in [-0.4, -0.2) is 44.8 Å². The molecular formula is C26H25N3O7. The van der Waals surface area contributed by atoms with Crippen molar-refractivity contribution in [3.8, 4) is 0 Å². The Morgan fingerprint density at radius 3 is 2.53 bits per heavy atom. The number of nitro groups is 1. The molecule has 0 radical (unpaired) electrons. The monoisotopic (exact) mass is 491 g/mol. The second-order valence-electron chi connectivity index (χ2n) is 9.37. The largest absolute Gasteiger partial charge is 0.480 e. The van der Waals surface area contributed by atoms with Gasteiger partial charge in [0.25, 0.3) is 5.69 Å². The zero-order chi connectivity index (χ0) is 25.6. The van der Waals surface area contributed by atoms with Crippen LogP contribution in [0.25, 0.3) is 11.0 Å². The summed E-state index contributed by atoms with van der Waals surface area (Å²) < 4.78 is 6.01. The second-order valence-corrected chi connectivity index (χ2v) is 9.37. The van der Waals surface area contributed by atoms with Gasteiger partial charge >= 0.3 is 5.97 Å².